The predicted octanol–water partition coefficient (Wildman–Crippen LogP) is 1.35. The number of ether oxygens (including phenoxy) is 1. The first-order valence-corrected chi connectivity index (χ1v) is 8.54. The topological polar surface area (TPSA) is 93.1 Å². The number of piperidine rings is 1. The van der Waals surface area contributed by atoms with Crippen molar-refractivity contribution in [2.24, 2.45) is 16.1 Å². The van der Waals surface area contributed by atoms with Gasteiger partial charge in [0.05, 0.1) is 13.2 Å². The van der Waals surface area contributed by atoms with Gasteiger partial charge in [-0.2, -0.15) is 0 Å². The molecule has 3 rings (SSSR count). The van der Waals surface area contributed by atoms with Crippen LogP contribution < -0.4 is 11.1 Å². The number of aliphatic imine (C=N–C) groups is 1. The first-order valence-electron chi connectivity index (χ1n) is 8.54. The number of carbonyl (C=O) groups excluding carboxylic acids is 1. The minimum absolute atomic E-state index is 0.179. The van der Waals surface area contributed by atoms with Crippen molar-refractivity contribution >= 4 is 11.9 Å². The van der Waals surface area contributed by atoms with Gasteiger partial charge in [-0.3, -0.25) is 9.79 Å². The van der Waals surface area contributed by atoms with Crippen LogP contribution in [0.1, 0.15) is 42.0 Å². The first kappa shape index (κ1) is 16.8. The smallest absolute Gasteiger partial charge is 0.284 e. The van der Waals surface area contributed by atoms with Crippen LogP contribution in [0, 0.1) is 5.41 Å². The van der Waals surface area contributed by atoms with E-state index in [0.29, 0.717) is 12.3 Å². The Balaban J connectivity index is 1.60. The Morgan fingerprint density at radius 2 is 2.25 bits per heavy atom. The largest absolute Gasteiger partial charge is 0.454 e. The summed E-state index contributed by atoms with van der Waals surface area (Å²) in [5, 5.41) is 3.32. The van der Waals surface area contributed by atoms with Crippen molar-refractivity contribution in [1.82, 2.24) is 10.2 Å². The molecular formula is C17H26N4O3. The molecule has 2 fully saturated rings. The Labute approximate surface area is 142 Å². The second-order valence-electron chi connectivity index (χ2n) is 6.71. The Hall–Kier alpha value is -2.02. The molecule has 0 bridgehead atoms. The first-order chi connectivity index (χ1) is 11.6. The summed E-state index contributed by atoms with van der Waals surface area (Å²) in [5.41, 5.74) is 5.47. The lowest BCUT2D eigenvalue weighted by molar-refractivity contribution is -0.0370. The second-order valence-corrected chi connectivity index (χ2v) is 6.71. The second kappa shape index (κ2) is 7.25. The van der Waals surface area contributed by atoms with Crippen LogP contribution in [0.15, 0.2) is 21.5 Å². The number of guanidine groups is 1. The highest BCUT2D eigenvalue weighted by molar-refractivity contribution is 5.89. The highest BCUT2D eigenvalue weighted by atomic mass is 16.5. The zero-order valence-electron chi connectivity index (χ0n) is 14.2. The third kappa shape index (κ3) is 3.72. The molecule has 1 aromatic rings. The Kier molecular flexibility index (Phi) is 5.08. The van der Waals surface area contributed by atoms with Crippen molar-refractivity contribution in [2.45, 2.75) is 32.2 Å². The molecule has 3 heterocycles. The van der Waals surface area contributed by atoms with Crippen molar-refractivity contribution in [3.63, 3.8) is 0 Å². The van der Waals surface area contributed by atoms with E-state index in [1.807, 2.05) is 0 Å². The summed E-state index contributed by atoms with van der Waals surface area (Å²) >= 11 is 0. The van der Waals surface area contributed by atoms with Crippen molar-refractivity contribution < 1.29 is 13.9 Å². The molecule has 1 unspecified atom stereocenters. The van der Waals surface area contributed by atoms with Gasteiger partial charge in [0.1, 0.15) is 5.76 Å². The summed E-state index contributed by atoms with van der Waals surface area (Å²) < 4.78 is 11.1. The lowest BCUT2D eigenvalue weighted by Gasteiger charge is -2.45. The molecule has 7 heteroatoms. The van der Waals surface area contributed by atoms with Crippen LogP contribution in [0.2, 0.25) is 0 Å². The van der Waals surface area contributed by atoms with E-state index in [2.05, 4.69) is 15.2 Å². The van der Waals surface area contributed by atoms with Crippen molar-refractivity contribution in [2.75, 3.05) is 33.4 Å². The highest BCUT2D eigenvalue weighted by Gasteiger charge is 2.38. The minimum Gasteiger partial charge on any atom is -0.454 e. The van der Waals surface area contributed by atoms with Crippen LogP contribution in [0.25, 0.3) is 0 Å². The molecule has 1 amide bonds. The molecular weight excluding hydrogens is 308 g/mol. The number of amides is 1. The van der Waals surface area contributed by atoms with Crippen LogP contribution in [0.4, 0.5) is 0 Å². The average Bonchev–Trinajstić information content (AvgIpc) is 3.06. The van der Waals surface area contributed by atoms with Crippen molar-refractivity contribution in [3.8, 4) is 0 Å². The number of carbonyl (C=O) groups is 1. The normalized spacial score (nSPS) is 25.0. The summed E-state index contributed by atoms with van der Waals surface area (Å²) in [4.78, 5) is 17.8. The predicted molar refractivity (Wildman–Crippen MR) is 90.7 cm³/mol. The zero-order valence-corrected chi connectivity index (χ0v) is 14.2. The molecule has 7 nitrogen and oxygen atoms in total. The number of nitrogens with one attached hydrogen (secondary N) is 1. The Morgan fingerprint density at radius 1 is 1.42 bits per heavy atom. The molecule has 2 saturated heterocycles. The van der Waals surface area contributed by atoms with E-state index in [4.69, 9.17) is 14.9 Å². The molecule has 2 aliphatic heterocycles. The van der Waals surface area contributed by atoms with Gasteiger partial charge in [0.2, 0.25) is 0 Å². The number of hydrogen-bond donors (Lipinski definition) is 2. The summed E-state index contributed by atoms with van der Waals surface area (Å²) in [6.07, 6.45) is 4.74. The fraction of sp³-hybridized carbons (Fsp3) is 0.647. The van der Waals surface area contributed by atoms with E-state index in [9.17, 15) is 4.79 Å². The van der Waals surface area contributed by atoms with Crippen molar-refractivity contribution in [1.29, 1.82) is 0 Å². The summed E-state index contributed by atoms with van der Waals surface area (Å²) in [6.45, 7) is 4.17. The van der Waals surface area contributed by atoms with Crippen LogP contribution in [-0.4, -0.2) is 50.1 Å². The van der Waals surface area contributed by atoms with E-state index in [1.54, 1.807) is 19.2 Å². The van der Waals surface area contributed by atoms with Crippen molar-refractivity contribution in [3.05, 3.63) is 23.7 Å². The summed E-state index contributed by atoms with van der Waals surface area (Å²) in [5.74, 6) is 1.15. The molecule has 1 spiro atoms. The van der Waals surface area contributed by atoms with Gasteiger partial charge in [-0.05, 0) is 37.8 Å². The van der Waals surface area contributed by atoms with E-state index in [0.717, 1.165) is 45.1 Å². The Bertz CT molecular complexity index is 599. The van der Waals surface area contributed by atoms with Gasteiger partial charge in [-0.15, -0.1) is 0 Å². The van der Waals surface area contributed by atoms with E-state index in [1.165, 1.54) is 12.8 Å². The number of rotatable bonds is 3. The molecule has 132 valence electrons. The number of nitrogens with two attached hydrogens (primary N) is 1. The maximum atomic E-state index is 11.1. The SMILES string of the molecule is CN=C(NCc1ccc(C(N)=O)o1)N1CCCC2(CCCOC2)C1. The van der Waals surface area contributed by atoms with Gasteiger partial charge in [0.15, 0.2) is 11.7 Å². The molecule has 0 saturated carbocycles. The molecule has 24 heavy (non-hydrogen) atoms. The van der Waals surface area contributed by atoms with Gasteiger partial charge < -0.3 is 25.1 Å². The van der Waals surface area contributed by atoms with E-state index >= 15 is 0 Å². The van der Waals surface area contributed by atoms with Gasteiger partial charge in [-0.1, -0.05) is 0 Å². The molecule has 0 aromatic carbocycles. The minimum atomic E-state index is -0.555. The van der Waals surface area contributed by atoms with Gasteiger partial charge in [0, 0.05) is 32.2 Å². The maximum absolute atomic E-state index is 11.1. The van der Waals surface area contributed by atoms with Gasteiger partial charge in [0.25, 0.3) is 5.91 Å². The summed E-state index contributed by atoms with van der Waals surface area (Å²) in [7, 11) is 1.79. The molecule has 0 aliphatic carbocycles. The van der Waals surface area contributed by atoms with Crippen LogP contribution in [0.3, 0.4) is 0 Å². The monoisotopic (exact) mass is 334 g/mol. The average molecular weight is 334 g/mol. The Morgan fingerprint density at radius 3 is 2.92 bits per heavy atom. The van der Waals surface area contributed by atoms with Gasteiger partial charge in [-0.25, -0.2) is 0 Å². The number of likely N-dealkylation sites (tertiary alicyclic amines) is 1. The number of hydrogen-bond acceptors (Lipinski definition) is 4. The fourth-order valence-electron chi connectivity index (χ4n) is 3.72. The quantitative estimate of drug-likeness (QED) is 0.643. The van der Waals surface area contributed by atoms with E-state index in [-0.39, 0.29) is 11.2 Å². The van der Waals surface area contributed by atoms with Gasteiger partial charge >= 0.3 is 0 Å². The molecule has 1 aromatic heterocycles. The lowest BCUT2D eigenvalue weighted by atomic mass is 9.76. The standard InChI is InChI=1S/C17H26N4O3/c1-19-16(20-10-13-4-5-14(24-13)15(18)22)21-8-2-6-17(11-21)7-3-9-23-12-17/h4-5H,2-3,6-12H2,1H3,(H2,18,22)(H,19,20). The maximum Gasteiger partial charge on any atom is 0.284 e. The zero-order chi connectivity index (χ0) is 17.0. The third-order valence-corrected chi connectivity index (χ3v) is 4.90. The van der Waals surface area contributed by atoms with Crippen LogP contribution in [0.5, 0.6) is 0 Å². The number of primary amides is 1. The lowest BCUT2D eigenvalue weighted by Crippen LogP contribution is -2.52. The molecule has 0 radical (unpaired) electrons. The highest BCUT2D eigenvalue weighted by Crippen LogP contribution is 2.37. The van der Waals surface area contributed by atoms with Crippen LogP contribution >= 0.6 is 0 Å². The number of furan rings is 1. The molecule has 2 aliphatic rings. The molecule has 1 atom stereocenters. The van der Waals surface area contributed by atoms with E-state index < -0.39 is 5.91 Å². The third-order valence-electron chi connectivity index (χ3n) is 4.90. The fourth-order valence-corrected chi connectivity index (χ4v) is 3.72. The number of nitrogens with zero attached hydrogens (tertiary/aromatic N) is 2. The molecule has 3 N–H and O–H groups in total. The van der Waals surface area contributed by atoms with Crippen LogP contribution in [-0.2, 0) is 11.3 Å². The summed E-state index contributed by atoms with van der Waals surface area (Å²) in [6, 6.07) is 3.35.